The molecule has 0 heterocycles. The molecule has 7 nitrogen and oxygen atoms in total. The van der Waals surface area contributed by atoms with Crippen LogP contribution >= 0.6 is 11.6 Å². The zero-order chi connectivity index (χ0) is 28.6. The topological polar surface area (TPSA) is 86.8 Å². The van der Waals surface area contributed by atoms with Crippen LogP contribution in [0.4, 0.5) is 0 Å². The summed E-state index contributed by atoms with van der Waals surface area (Å²) in [7, 11) is -2.56. The number of nitrogens with one attached hydrogen (secondary N) is 1. The highest BCUT2D eigenvalue weighted by Crippen LogP contribution is 2.20. The highest BCUT2D eigenvalue weighted by Gasteiger charge is 2.33. The number of nitrogens with zero attached hydrogens (tertiary/aromatic N) is 2. The highest BCUT2D eigenvalue weighted by molar-refractivity contribution is 7.89. The van der Waals surface area contributed by atoms with Crippen molar-refractivity contribution >= 4 is 33.4 Å². The maximum Gasteiger partial charge on any atom is 0.243 e. The number of hydrogen-bond donors (Lipinski definition) is 1. The number of benzene rings is 3. The number of halogens is 1. The molecule has 0 saturated heterocycles. The van der Waals surface area contributed by atoms with Gasteiger partial charge in [0.1, 0.15) is 6.04 Å². The lowest BCUT2D eigenvalue weighted by molar-refractivity contribution is -0.141. The Kier molecular flexibility index (Phi) is 10.7. The van der Waals surface area contributed by atoms with Crippen molar-refractivity contribution in [3.8, 4) is 0 Å². The third kappa shape index (κ3) is 8.39. The Morgan fingerprint density at radius 1 is 0.949 bits per heavy atom. The summed E-state index contributed by atoms with van der Waals surface area (Å²) in [6.07, 6.45) is 0.993. The zero-order valence-corrected chi connectivity index (χ0v) is 24.4. The standard InChI is InChI=1S/C30H36ClN3O4S/c1-5-23(3)32-30(36)28(19-24-10-7-6-8-11-24)34(20-25-12-9-13-26(31)18-25)29(35)21-33(4)39(37,38)27-16-14-22(2)15-17-27/h6-18,23,28H,5,19-21H2,1-4H3,(H,32,36)/t23-,28+/m1/s1. The summed E-state index contributed by atoms with van der Waals surface area (Å²) in [5.74, 6) is -0.791. The Morgan fingerprint density at radius 2 is 1.59 bits per heavy atom. The van der Waals surface area contributed by atoms with Gasteiger partial charge in [0.2, 0.25) is 21.8 Å². The van der Waals surface area contributed by atoms with E-state index in [4.69, 9.17) is 11.6 Å². The lowest BCUT2D eigenvalue weighted by Gasteiger charge is -2.33. The second-order valence-corrected chi connectivity index (χ2v) is 12.2. The molecule has 0 aliphatic carbocycles. The van der Waals surface area contributed by atoms with Gasteiger partial charge < -0.3 is 10.2 Å². The van der Waals surface area contributed by atoms with Crippen molar-refractivity contribution < 1.29 is 18.0 Å². The molecule has 0 radical (unpaired) electrons. The number of likely N-dealkylation sites (N-methyl/N-ethyl adjacent to an activating group) is 1. The van der Waals surface area contributed by atoms with E-state index in [1.807, 2.05) is 57.2 Å². The predicted molar refractivity (Wildman–Crippen MR) is 155 cm³/mol. The maximum absolute atomic E-state index is 13.9. The van der Waals surface area contributed by atoms with Crippen LogP contribution in [0, 0.1) is 6.92 Å². The summed E-state index contributed by atoms with van der Waals surface area (Å²) in [6, 6.07) is 22.0. The zero-order valence-electron chi connectivity index (χ0n) is 22.8. The molecule has 2 amide bonds. The van der Waals surface area contributed by atoms with Crippen molar-refractivity contribution in [1.82, 2.24) is 14.5 Å². The number of carbonyl (C=O) groups excluding carboxylic acids is 2. The minimum Gasteiger partial charge on any atom is -0.352 e. The third-order valence-corrected chi connectivity index (χ3v) is 8.65. The van der Waals surface area contributed by atoms with Gasteiger partial charge in [-0.2, -0.15) is 4.31 Å². The van der Waals surface area contributed by atoms with Gasteiger partial charge in [-0.15, -0.1) is 0 Å². The molecule has 0 fully saturated rings. The molecule has 3 aromatic rings. The number of rotatable bonds is 12. The number of carbonyl (C=O) groups is 2. The van der Waals surface area contributed by atoms with Gasteiger partial charge in [-0.05, 0) is 55.7 Å². The van der Waals surface area contributed by atoms with Crippen LogP contribution in [-0.4, -0.2) is 55.1 Å². The summed E-state index contributed by atoms with van der Waals surface area (Å²) in [4.78, 5) is 29.0. The van der Waals surface area contributed by atoms with E-state index >= 15 is 0 Å². The van der Waals surface area contributed by atoms with Gasteiger partial charge in [-0.3, -0.25) is 9.59 Å². The molecule has 0 aliphatic rings. The Labute approximate surface area is 236 Å². The number of amides is 2. The molecule has 0 unspecified atom stereocenters. The van der Waals surface area contributed by atoms with E-state index in [0.717, 1.165) is 27.4 Å². The van der Waals surface area contributed by atoms with E-state index in [1.165, 1.54) is 24.1 Å². The summed E-state index contributed by atoms with van der Waals surface area (Å²) >= 11 is 6.22. The molecule has 0 aliphatic heterocycles. The van der Waals surface area contributed by atoms with E-state index < -0.39 is 28.5 Å². The average molecular weight is 570 g/mol. The first-order chi connectivity index (χ1) is 18.5. The summed E-state index contributed by atoms with van der Waals surface area (Å²) in [5, 5.41) is 3.51. The van der Waals surface area contributed by atoms with E-state index in [9.17, 15) is 18.0 Å². The largest absolute Gasteiger partial charge is 0.352 e. The molecule has 2 atom stereocenters. The molecular weight excluding hydrogens is 534 g/mol. The van der Waals surface area contributed by atoms with E-state index in [2.05, 4.69) is 5.32 Å². The molecule has 208 valence electrons. The lowest BCUT2D eigenvalue weighted by atomic mass is 10.0. The van der Waals surface area contributed by atoms with Crippen LogP contribution in [0.5, 0.6) is 0 Å². The molecule has 0 saturated carbocycles. The summed E-state index contributed by atoms with van der Waals surface area (Å²) in [5.41, 5.74) is 2.54. The first kappa shape index (κ1) is 30.3. The first-order valence-corrected chi connectivity index (χ1v) is 14.7. The van der Waals surface area contributed by atoms with E-state index in [0.29, 0.717) is 5.02 Å². The fraction of sp³-hybridized carbons (Fsp3) is 0.333. The lowest BCUT2D eigenvalue weighted by Crippen LogP contribution is -2.54. The second kappa shape index (κ2) is 13.7. The van der Waals surface area contributed by atoms with Crippen LogP contribution in [0.15, 0.2) is 83.8 Å². The molecule has 3 aromatic carbocycles. The molecule has 9 heteroatoms. The van der Waals surface area contributed by atoms with Crippen LogP contribution in [-0.2, 0) is 32.6 Å². The minimum absolute atomic E-state index is 0.0865. The monoisotopic (exact) mass is 569 g/mol. The average Bonchev–Trinajstić information content (AvgIpc) is 2.91. The summed E-state index contributed by atoms with van der Waals surface area (Å²) in [6.45, 7) is 5.40. The van der Waals surface area contributed by atoms with Gasteiger partial charge >= 0.3 is 0 Å². The molecule has 0 spiro atoms. The highest BCUT2D eigenvalue weighted by atomic mass is 35.5. The van der Waals surface area contributed by atoms with Crippen LogP contribution in [0.1, 0.15) is 37.0 Å². The van der Waals surface area contributed by atoms with Crippen molar-refractivity contribution in [2.75, 3.05) is 13.6 Å². The van der Waals surface area contributed by atoms with Crippen molar-refractivity contribution in [2.45, 2.75) is 57.1 Å². The smallest absolute Gasteiger partial charge is 0.243 e. The van der Waals surface area contributed by atoms with Crippen LogP contribution in [0.2, 0.25) is 5.02 Å². The van der Waals surface area contributed by atoms with Crippen molar-refractivity contribution in [1.29, 1.82) is 0 Å². The molecule has 0 aromatic heterocycles. The Morgan fingerprint density at radius 3 is 2.21 bits per heavy atom. The first-order valence-electron chi connectivity index (χ1n) is 12.9. The quantitative estimate of drug-likeness (QED) is 0.339. The Hall–Kier alpha value is -3.20. The van der Waals surface area contributed by atoms with Gasteiger partial charge in [-0.1, -0.05) is 78.7 Å². The van der Waals surface area contributed by atoms with Gasteiger partial charge in [-0.25, -0.2) is 8.42 Å². The Bertz CT molecular complexity index is 1360. The van der Waals surface area contributed by atoms with Crippen molar-refractivity contribution in [3.05, 3.63) is 101 Å². The maximum atomic E-state index is 13.9. The van der Waals surface area contributed by atoms with Crippen LogP contribution in [0.25, 0.3) is 0 Å². The third-order valence-electron chi connectivity index (χ3n) is 6.60. The van der Waals surface area contributed by atoms with Gasteiger partial charge in [0.15, 0.2) is 0 Å². The molecule has 39 heavy (non-hydrogen) atoms. The summed E-state index contributed by atoms with van der Waals surface area (Å²) < 4.78 is 27.5. The number of hydrogen-bond acceptors (Lipinski definition) is 4. The second-order valence-electron chi connectivity index (χ2n) is 9.75. The van der Waals surface area contributed by atoms with E-state index in [-0.39, 0.29) is 29.8 Å². The van der Waals surface area contributed by atoms with Crippen LogP contribution < -0.4 is 5.32 Å². The fourth-order valence-electron chi connectivity index (χ4n) is 4.08. The molecule has 0 bridgehead atoms. The number of aryl methyl sites for hydroxylation is 1. The van der Waals surface area contributed by atoms with Crippen LogP contribution in [0.3, 0.4) is 0 Å². The molecule has 3 rings (SSSR count). The van der Waals surface area contributed by atoms with Crippen molar-refractivity contribution in [2.24, 2.45) is 0 Å². The van der Waals surface area contributed by atoms with Gasteiger partial charge in [0, 0.05) is 31.1 Å². The molecular formula is C30H36ClN3O4S. The predicted octanol–water partition coefficient (Wildman–Crippen LogP) is 4.82. The van der Waals surface area contributed by atoms with E-state index in [1.54, 1.807) is 30.3 Å². The Balaban J connectivity index is 1.98. The van der Waals surface area contributed by atoms with Crippen molar-refractivity contribution in [3.63, 3.8) is 0 Å². The minimum atomic E-state index is -3.93. The normalized spacial score (nSPS) is 13.1. The van der Waals surface area contributed by atoms with Gasteiger partial charge in [0.25, 0.3) is 0 Å². The fourth-order valence-corrected chi connectivity index (χ4v) is 5.42. The SMILES string of the molecule is CC[C@@H](C)NC(=O)[C@H](Cc1ccccc1)N(Cc1cccc(Cl)c1)C(=O)CN(C)S(=O)(=O)c1ccc(C)cc1. The molecule has 1 N–H and O–H groups in total. The van der Waals surface area contributed by atoms with Gasteiger partial charge in [0.05, 0.1) is 11.4 Å². The number of sulfonamides is 1.